The Balaban J connectivity index is 2.09. The lowest BCUT2D eigenvalue weighted by Crippen LogP contribution is -2.39. The van der Waals surface area contributed by atoms with Crippen LogP contribution < -0.4 is 21.8 Å². The van der Waals surface area contributed by atoms with E-state index in [1.807, 2.05) is 13.8 Å². The number of nitrogens with two attached hydrogens (primary N) is 1. The van der Waals surface area contributed by atoms with Crippen molar-refractivity contribution < 1.29 is 4.79 Å². The minimum absolute atomic E-state index is 0.0334. The Labute approximate surface area is 173 Å². The normalized spacial score (nSPS) is 20.2. The molecule has 6 nitrogen and oxygen atoms in total. The summed E-state index contributed by atoms with van der Waals surface area (Å²) < 4.78 is 0. The molecular formula is C23H33N5O. The Kier molecular flexibility index (Phi) is 6.64. The summed E-state index contributed by atoms with van der Waals surface area (Å²) in [6.07, 6.45) is 6.81. The number of nitrogens with zero attached hydrogens (tertiary/aromatic N) is 1. The number of hydrogen-bond donors (Lipinski definition) is 4. The van der Waals surface area contributed by atoms with E-state index >= 15 is 0 Å². The number of hydrogen-bond acceptors (Lipinski definition) is 5. The first kappa shape index (κ1) is 21.0. The molecule has 1 aromatic carbocycles. The van der Waals surface area contributed by atoms with Crippen molar-refractivity contribution in [1.29, 1.82) is 0 Å². The number of carbonyl (C=O) groups is 1. The van der Waals surface area contributed by atoms with Gasteiger partial charge in [-0.3, -0.25) is 15.2 Å². The predicted molar refractivity (Wildman–Crippen MR) is 117 cm³/mol. The van der Waals surface area contributed by atoms with E-state index in [2.05, 4.69) is 65.3 Å². The Bertz CT molecular complexity index is 816. The van der Waals surface area contributed by atoms with Crippen molar-refractivity contribution >= 4 is 6.41 Å². The average molecular weight is 396 g/mol. The highest BCUT2D eigenvalue weighted by Gasteiger charge is 2.41. The van der Waals surface area contributed by atoms with Gasteiger partial charge in [0.15, 0.2) is 0 Å². The molecule has 1 aromatic rings. The predicted octanol–water partition coefficient (Wildman–Crippen LogP) is 2.97. The van der Waals surface area contributed by atoms with E-state index < -0.39 is 0 Å². The number of rotatable bonds is 9. The second kappa shape index (κ2) is 9.18. The second-order valence-corrected chi connectivity index (χ2v) is 8.09. The second-order valence-electron chi connectivity index (χ2n) is 8.09. The molecule has 1 heterocycles. The summed E-state index contributed by atoms with van der Waals surface area (Å²) in [4.78, 5) is 11.0. The Morgan fingerprint density at radius 1 is 1.31 bits per heavy atom. The van der Waals surface area contributed by atoms with Gasteiger partial charge in [0, 0.05) is 12.7 Å². The fourth-order valence-corrected chi connectivity index (χ4v) is 3.73. The molecule has 2 aliphatic rings. The molecule has 0 radical (unpaired) electrons. The third-order valence-electron chi connectivity index (χ3n) is 5.30. The monoisotopic (exact) mass is 395 g/mol. The van der Waals surface area contributed by atoms with Crippen molar-refractivity contribution in [3.05, 3.63) is 70.3 Å². The van der Waals surface area contributed by atoms with Crippen molar-refractivity contribution in [2.45, 2.75) is 52.6 Å². The molecule has 2 unspecified atom stereocenters. The number of nitrogens with one attached hydrogen (secondary N) is 3. The molecule has 0 aromatic heterocycles. The first-order chi connectivity index (χ1) is 14.0. The zero-order valence-electron chi connectivity index (χ0n) is 17.8. The highest BCUT2D eigenvalue weighted by molar-refractivity contribution is 5.49. The first-order valence-electron chi connectivity index (χ1n) is 10.4. The summed E-state index contributed by atoms with van der Waals surface area (Å²) in [6.45, 7) is 9.08. The van der Waals surface area contributed by atoms with E-state index in [1.54, 1.807) is 6.20 Å². The van der Waals surface area contributed by atoms with Gasteiger partial charge in [0.25, 0.3) is 0 Å². The quantitative estimate of drug-likeness (QED) is 0.382. The van der Waals surface area contributed by atoms with Crippen LogP contribution in [0.2, 0.25) is 0 Å². The summed E-state index contributed by atoms with van der Waals surface area (Å²) >= 11 is 0. The third-order valence-corrected chi connectivity index (χ3v) is 5.30. The molecule has 3 rings (SSSR count). The van der Waals surface area contributed by atoms with Crippen LogP contribution in [0.5, 0.6) is 0 Å². The highest BCUT2D eigenvalue weighted by atomic mass is 16.1. The van der Waals surface area contributed by atoms with Crippen LogP contribution in [-0.4, -0.2) is 24.0 Å². The molecule has 0 spiro atoms. The molecule has 0 bridgehead atoms. The van der Waals surface area contributed by atoms with Crippen molar-refractivity contribution in [2.75, 3.05) is 6.54 Å². The Morgan fingerprint density at radius 2 is 2.00 bits per heavy atom. The number of benzene rings is 1. The van der Waals surface area contributed by atoms with Crippen LogP contribution in [0.15, 0.2) is 59.2 Å². The van der Waals surface area contributed by atoms with E-state index in [9.17, 15) is 4.79 Å². The van der Waals surface area contributed by atoms with E-state index in [-0.39, 0.29) is 12.1 Å². The average Bonchev–Trinajstić information content (AvgIpc) is 3.47. The number of aryl methyl sites for hydroxylation is 1. The van der Waals surface area contributed by atoms with E-state index in [1.165, 1.54) is 18.4 Å². The van der Waals surface area contributed by atoms with Crippen molar-refractivity contribution in [3.63, 3.8) is 0 Å². The summed E-state index contributed by atoms with van der Waals surface area (Å²) in [5.41, 5.74) is 16.8. The van der Waals surface area contributed by atoms with Crippen LogP contribution in [0.3, 0.4) is 0 Å². The molecule has 156 valence electrons. The number of likely N-dealkylation sites (N-methyl/N-ethyl adjacent to an activating group) is 1. The minimum Gasteiger partial charge on any atom is -0.385 e. The van der Waals surface area contributed by atoms with Gasteiger partial charge in [0.1, 0.15) is 6.04 Å². The van der Waals surface area contributed by atoms with Gasteiger partial charge in [-0.1, -0.05) is 35.4 Å². The Hall–Kier alpha value is -2.73. The first-order valence-corrected chi connectivity index (χ1v) is 10.4. The lowest BCUT2D eigenvalue weighted by atomic mass is 9.98. The zero-order valence-corrected chi connectivity index (χ0v) is 17.8. The number of allylic oxidation sites excluding steroid dienone is 2. The maximum Gasteiger partial charge on any atom is 0.211 e. The van der Waals surface area contributed by atoms with Gasteiger partial charge < -0.3 is 16.4 Å². The molecule has 2 atom stereocenters. The fraction of sp³-hybridized carbons (Fsp3) is 0.435. The lowest BCUT2D eigenvalue weighted by Gasteiger charge is -2.30. The van der Waals surface area contributed by atoms with Crippen LogP contribution in [0, 0.1) is 12.8 Å². The Morgan fingerprint density at radius 3 is 2.55 bits per heavy atom. The molecule has 1 aliphatic heterocycles. The molecule has 1 saturated carbocycles. The summed E-state index contributed by atoms with van der Waals surface area (Å²) in [5, 5.41) is 8.37. The molecule has 0 saturated heterocycles. The summed E-state index contributed by atoms with van der Waals surface area (Å²) in [6, 6.07) is 8.48. The van der Waals surface area contributed by atoms with Gasteiger partial charge in [0.05, 0.1) is 23.1 Å². The van der Waals surface area contributed by atoms with E-state index in [0.29, 0.717) is 12.3 Å². The molecular weight excluding hydrogens is 362 g/mol. The topological polar surface area (TPSA) is 82.4 Å². The molecule has 6 heteroatoms. The molecule has 1 fully saturated rings. The smallest absolute Gasteiger partial charge is 0.211 e. The van der Waals surface area contributed by atoms with Crippen molar-refractivity contribution in [3.8, 4) is 0 Å². The van der Waals surface area contributed by atoms with Crippen LogP contribution in [-0.2, 0) is 4.79 Å². The van der Waals surface area contributed by atoms with Crippen molar-refractivity contribution in [1.82, 2.24) is 21.1 Å². The van der Waals surface area contributed by atoms with Crippen LogP contribution in [0.1, 0.15) is 50.8 Å². The van der Waals surface area contributed by atoms with Crippen molar-refractivity contribution in [2.24, 2.45) is 11.7 Å². The highest BCUT2D eigenvalue weighted by Crippen LogP contribution is 2.41. The third kappa shape index (κ3) is 4.82. The molecule has 5 N–H and O–H groups in total. The fourth-order valence-electron chi connectivity index (χ4n) is 3.73. The summed E-state index contributed by atoms with van der Waals surface area (Å²) in [7, 11) is 0. The SMILES string of the molecule is CCNC1=C(C(N)C2CC2)NN(/C(C=C(C)C)=C/NC=O)C1c1ccc(C)cc1. The largest absolute Gasteiger partial charge is 0.385 e. The zero-order chi connectivity index (χ0) is 21.0. The lowest BCUT2D eigenvalue weighted by molar-refractivity contribution is -0.108. The summed E-state index contributed by atoms with van der Waals surface area (Å²) in [5.74, 6) is 0.522. The van der Waals surface area contributed by atoms with Crippen LogP contribution >= 0.6 is 0 Å². The number of hydrazine groups is 1. The van der Waals surface area contributed by atoms with Gasteiger partial charge in [-0.15, -0.1) is 0 Å². The van der Waals surface area contributed by atoms with Gasteiger partial charge in [-0.2, -0.15) is 0 Å². The molecule has 1 amide bonds. The van der Waals surface area contributed by atoms with Gasteiger partial charge >= 0.3 is 0 Å². The van der Waals surface area contributed by atoms with Gasteiger partial charge in [0.2, 0.25) is 6.41 Å². The standard InChI is InChI=1S/C23H33N5O/c1-5-26-22-21(20(24)17-10-11-17)27-28(19(12-15(2)3)13-25-14-29)23(22)18-8-6-16(4)7-9-18/h6-9,12-14,17,20,23,26-27H,5,10-11,24H2,1-4H3,(H,25,29)/b19-13+. The van der Waals surface area contributed by atoms with E-state index in [0.717, 1.165) is 34.8 Å². The van der Waals surface area contributed by atoms with Gasteiger partial charge in [-0.05, 0) is 58.1 Å². The van der Waals surface area contributed by atoms with Crippen LogP contribution in [0.25, 0.3) is 0 Å². The van der Waals surface area contributed by atoms with E-state index in [4.69, 9.17) is 5.73 Å². The maximum absolute atomic E-state index is 11.0. The number of carbonyl (C=O) groups excluding carboxylic acids is 1. The number of amides is 1. The molecule has 1 aliphatic carbocycles. The van der Waals surface area contributed by atoms with Crippen LogP contribution in [0.4, 0.5) is 0 Å². The van der Waals surface area contributed by atoms with Gasteiger partial charge in [-0.25, -0.2) is 0 Å². The maximum atomic E-state index is 11.0. The molecule has 29 heavy (non-hydrogen) atoms. The minimum atomic E-state index is -0.0642.